The maximum Gasteiger partial charge on any atom is 0.203 e. The molecule has 1 atom stereocenters. The van der Waals surface area contributed by atoms with Crippen molar-refractivity contribution in [3.8, 4) is 0 Å². The summed E-state index contributed by atoms with van der Waals surface area (Å²) in [6, 6.07) is 4.61. The van der Waals surface area contributed by atoms with E-state index in [1.54, 1.807) is 11.3 Å². The van der Waals surface area contributed by atoms with Crippen LogP contribution in [-0.4, -0.2) is 16.1 Å². The minimum absolute atomic E-state index is 0.343. The van der Waals surface area contributed by atoms with Crippen molar-refractivity contribution >= 4 is 17.3 Å². The SMILES string of the molecule is CCCNc1nc(C)cn1C(C)c1cccs1. The molecule has 0 radical (unpaired) electrons. The van der Waals surface area contributed by atoms with Crippen LogP contribution in [0.3, 0.4) is 0 Å². The highest BCUT2D eigenvalue weighted by molar-refractivity contribution is 7.10. The van der Waals surface area contributed by atoms with E-state index in [4.69, 9.17) is 0 Å². The number of nitrogens with one attached hydrogen (secondary N) is 1. The largest absolute Gasteiger partial charge is 0.356 e. The summed E-state index contributed by atoms with van der Waals surface area (Å²) in [5.74, 6) is 0.977. The summed E-state index contributed by atoms with van der Waals surface area (Å²) >= 11 is 1.79. The molecule has 0 saturated carbocycles. The normalized spacial score (nSPS) is 12.6. The molecule has 0 aliphatic heterocycles. The molecule has 92 valence electrons. The van der Waals surface area contributed by atoms with E-state index >= 15 is 0 Å². The van der Waals surface area contributed by atoms with Crippen LogP contribution in [0, 0.1) is 6.92 Å². The Bertz CT molecular complexity index is 459. The Morgan fingerprint density at radius 3 is 3.00 bits per heavy atom. The van der Waals surface area contributed by atoms with E-state index in [-0.39, 0.29) is 0 Å². The van der Waals surface area contributed by atoms with Gasteiger partial charge >= 0.3 is 0 Å². The number of rotatable bonds is 5. The topological polar surface area (TPSA) is 29.9 Å². The molecule has 0 aliphatic carbocycles. The Morgan fingerprint density at radius 2 is 2.35 bits per heavy atom. The van der Waals surface area contributed by atoms with Gasteiger partial charge in [-0.3, -0.25) is 0 Å². The molecule has 2 aromatic rings. The summed E-state index contributed by atoms with van der Waals surface area (Å²) in [5, 5.41) is 5.50. The first kappa shape index (κ1) is 12.2. The minimum Gasteiger partial charge on any atom is -0.356 e. The van der Waals surface area contributed by atoms with Gasteiger partial charge in [0.2, 0.25) is 5.95 Å². The molecule has 3 nitrogen and oxygen atoms in total. The maximum absolute atomic E-state index is 4.54. The molecule has 2 aromatic heterocycles. The lowest BCUT2D eigenvalue weighted by molar-refractivity contribution is 0.653. The molecule has 2 heterocycles. The first-order chi connectivity index (χ1) is 8.22. The highest BCUT2D eigenvalue weighted by Crippen LogP contribution is 2.26. The smallest absolute Gasteiger partial charge is 0.203 e. The molecule has 0 spiro atoms. The van der Waals surface area contributed by atoms with Crippen LogP contribution in [0.5, 0.6) is 0 Å². The van der Waals surface area contributed by atoms with Gasteiger partial charge in [-0.2, -0.15) is 0 Å². The van der Waals surface area contributed by atoms with Crippen LogP contribution in [-0.2, 0) is 0 Å². The van der Waals surface area contributed by atoms with Crippen LogP contribution >= 0.6 is 11.3 Å². The fraction of sp³-hybridized carbons (Fsp3) is 0.462. The molecule has 0 bridgehead atoms. The zero-order valence-electron chi connectivity index (χ0n) is 10.6. The van der Waals surface area contributed by atoms with Crippen LogP contribution in [0.1, 0.15) is 36.9 Å². The minimum atomic E-state index is 0.343. The standard InChI is InChI=1S/C13H19N3S/c1-4-7-14-13-15-10(2)9-16(13)11(3)12-6-5-8-17-12/h5-6,8-9,11H,4,7H2,1-3H3,(H,14,15). The Balaban J connectivity index is 2.24. The molecule has 1 N–H and O–H groups in total. The van der Waals surface area contributed by atoms with Crippen LogP contribution in [0.4, 0.5) is 5.95 Å². The van der Waals surface area contributed by atoms with E-state index in [1.807, 2.05) is 6.92 Å². The average molecular weight is 249 g/mol. The van der Waals surface area contributed by atoms with Gasteiger partial charge in [0.15, 0.2) is 0 Å². The van der Waals surface area contributed by atoms with E-state index < -0.39 is 0 Å². The molecular weight excluding hydrogens is 230 g/mol. The number of thiophene rings is 1. The van der Waals surface area contributed by atoms with Crippen molar-refractivity contribution in [3.05, 3.63) is 34.3 Å². The molecule has 0 amide bonds. The number of aryl methyl sites for hydroxylation is 1. The van der Waals surface area contributed by atoms with E-state index in [0.29, 0.717) is 6.04 Å². The van der Waals surface area contributed by atoms with Gasteiger partial charge in [0, 0.05) is 17.6 Å². The lowest BCUT2D eigenvalue weighted by atomic mass is 10.3. The van der Waals surface area contributed by atoms with Gasteiger partial charge < -0.3 is 9.88 Å². The quantitative estimate of drug-likeness (QED) is 0.876. The maximum atomic E-state index is 4.54. The molecule has 17 heavy (non-hydrogen) atoms. The number of nitrogens with zero attached hydrogens (tertiary/aromatic N) is 2. The summed E-state index contributed by atoms with van der Waals surface area (Å²) in [7, 11) is 0. The average Bonchev–Trinajstić information content (AvgIpc) is 2.94. The van der Waals surface area contributed by atoms with Crippen molar-refractivity contribution in [1.82, 2.24) is 9.55 Å². The molecule has 0 saturated heterocycles. The Hall–Kier alpha value is -1.29. The molecule has 0 aromatic carbocycles. The summed E-state index contributed by atoms with van der Waals surface area (Å²) in [6.45, 7) is 7.38. The number of aromatic nitrogens is 2. The van der Waals surface area contributed by atoms with Crippen LogP contribution < -0.4 is 5.32 Å². The summed E-state index contributed by atoms with van der Waals surface area (Å²) in [6.07, 6.45) is 3.22. The third-order valence-corrected chi connectivity index (χ3v) is 3.80. The number of hydrogen-bond donors (Lipinski definition) is 1. The lowest BCUT2D eigenvalue weighted by Crippen LogP contribution is -2.11. The van der Waals surface area contributed by atoms with E-state index in [2.05, 4.69) is 52.4 Å². The fourth-order valence-electron chi connectivity index (χ4n) is 1.84. The molecule has 1 unspecified atom stereocenters. The van der Waals surface area contributed by atoms with Gasteiger partial charge in [-0.25, -0.2) is 4.98 Å². The van der Waals surface area contributed by atoms with Crippen molar-refractivity contribution in [3.63, 3.8) is 0 Å². The second kappa shape index (κ2) is 5.36. The second-order valence-electron chi connectivity index (χ2n) is 4.23. The van der Waals surface area contributed by atoms with Crippen molar-refractivity contribution in [2.24, 2.45) is 0 Å². The van der Waals surface area contributed by atoms with Crippen LogP contribution in [0.15, 0.2) is 23.7 Å². The number of anilines is 1. The van der Waals surface area contributed by atoms with Gasteiger partial charge in [0.25, 0.3) is 0 Å². The molecule has 2 rings (SSSR count). The highest BCUT2D eigenvalue weighted by atomic mass is 32.1. The van der Waals surface area contributed by atoms with Crippen LogP contribution in [0.25, 0.3) is 0 Å². The van der Waals surface area contributed by atoms with E-state index in [0.717, 1.165) is 24.6 Å². The summed E-state index contributed by atoms with van der Waals surface area (Å²) < 4.78 is 2.22. The molecular formula is C13H19N3S. The first-order valence-corrected chi connectivity index (χ1v) is 6.93. The predicted molar refractivity (Wildman–Crippen MR) is 73.9 cm³/mol. The van der Waals surface area contributed by atoms with Gasteiger partial charge in [0.1, 0.15) is 0 Å². The van der Waals surface area contributed by atoms with Gasteiger partial charge in [-0.15, -0.1) is 11.3 Å². The van der Waals surface area contributed by atoms with Crippen molar-refractivity contribution in [2.75, 3.05) is 11.9 Å². The number of imidazole rings is 1. The second-order valence-corrected chi connectivity index (χ2v) is 5.21. The van der Waals surface area contributed by atoms with Gasteiger partial charge in [-0.1, -0.05) is 13.0 Å². The van der Waals surface area contributed by atoms with Gasteiger partial charge in [0.05, 0.1) is 11.7 Å². The lowest BCUT2D eigenvalue weighted by Gasteiger charge is -2.15. The molecule has 0 aliphatic rings. The van der Waals surface area contributed by atoms with Crippen LogP contribution in [0.2, 0.25) is 0 Å². The third kappa shape index (κ3) is 2.69. The van der Waals surface area contributed by atoms with E-state index in [1.165, 1.54) is 4.88 Å². The fourth-order valence-corrected chi connectivity index (χ4v) is 2.63. The summed E-state index contributed by atoms with van der Waals surface area (Å²) in [5.41, 5.74) is 1.06. The number of hydrogen-bond acceptors (Lipinski definition) is 3. The van der Waals surface area contributed by atoms with Crippen molar-refractivity contribution in [2.45, 2.75) is 33.2 Å². The van der Waals surface area contributed by atoms with Crippen molar-refractivity contribution in [1.29, 1.82) is 0 Å². The zero-order chi connectivity index (χ0) is 12.3. The summed E-state index contributed by atoms with van der Waals surface area (Å²) in [4.78, 5) is 5.90. The molecule has 4 heteroatoms. The first-order valence-electron chi connectivity index (χ1n) is 6.05. The van der Waals surface area contributed by atoms with E-state index in [9.17, 15) is 0 Å². The Labute approximate surface area is 107 Å². The zero-order valence-corrected chi connectivity index (χ0v) is 11.4. The molecule has 0 fully saturated rings. The Kier molecular flexibility index (Phi) is 3.84. The van der Waals surface area contributed by atoms with Crippen molar-refractivity contribution < 1.29 is 0 Å². The Morgan fingerprint density at radius 1 is 1.53 bits per heavy atom. The third-order valence-electron chi connectivity index (χ3n) is 2.76. The highest BCUT2D eigenvalue weighted by Gasteiger charge is 2.13. The predicted octanol–water partition coefficient (Wildman–Crippen LogP) is 3.68. The monoisotopic (exact) mass is 249 g/mol. The van der Waals surface area contributed by atoms with Gasteiger partial charge in [-0.05, 0) is 31.7 Å².